The lowest BCUT2D eigenvalue weighted by Crippen LogP contribution is -2.34. The average molecular weight is 488 g/mol. The quantitative estimate of drug-likeness (QED) is 0.647. The van der Waals surface area contributed by atoms with Crippen LogP contribution in [0.1, 0.15) is 45.1 Å². The number of fused-ring (bicyclic) bond motifs is 1. The number of benzene rings is 2. The van der Waals surface area contributed by atoms with Gasteiger partial charge in [-0.2, -0.15) is 0 Å². The summed E-state index contributed by atoms with van der Waals surface area (Å²) in [6, 6.07) is 11.0. The van der Waals surface area contributed by atoms with E-state index in [1.165, 1.54) is 19.1 Å². The van der Waals surface area contributed by atoms with E-state index in [4.69, 9.17) is 0 Å². The molecule has 0 aromatic heterocycles. The number of nitrogens with one attached hydrogen (secondary N) is 2. The highest BCUT2D eigenvalue weighted by Crippen LogP contribution is 2.34. The molecule has 1 aliphatic carbocycles. The molecule has 2 aliphatic rings. The largest absolute Gasteiger partial charge is 0.323 e. The van der Waals surface area contributed by atoms with E-state index in [1.807, 2.05) is 6.92 Å². The van der Waals surface area contributed by atoms with Crippen LogP contribution in [0.5, 0.6) is 0 Å². The number of hydrogen-bond donors (Lipinski definition) is 2. The van der Waals surface area contributed by atoms with Crippen molar-refractivity contribution < 1.29 is 22.4 Å². The van der Waals surface area contributed by atoms with Crippen molar-refractivity contribution in [1.29, 1.82) is 0 Å². The van der Waals surface area contributed by atoms with Gasteiger partial charge in [0.1, 0.15) is 5.82 Å². The Kier molecular flexibility index (Phi) is 7.04. The van der Waals surface area contributed by atoms with Gasteiger partial charge < -0.3 is 10.2 Å². The fraction of sp³-hybridized carbons (Fsp3) is 0.440. The van der Waals surface area contributed by atoms with Crippen molar-refractivity contribution in [1.82, 2.24) is 4.72 Å². The van der Waals surface area contributed by atoms with Crippen LogP contribution >= 0.6 is 0 Å². The van der Waals surface area contributed by atoms with Gasteiger partial charge in [-0.25, -0.2) is 17.5 Å². The standard InChI is InChI=1S/C25H30FN3O4S/c1-16-13-20-14-21(11-12-24(20)29(16)17(2)30)34(32,33)27-15-18-7-9-19(10-8-18)25(31)28-23-6-4-3-5-22(23)26/h3-6,11-12,14,16,18-19,27H,7-10,13,15H2,1-2H3,(H,28,31)/t16-,18?,19?/m0/s1. The van der Waals surface area contributed by atoms with E-state index in [0.717, 1.165) is 11.3 Å². The molecule has 1 atom stereocenters. The van der Waals surface area contributed by atoms with Gasteiger partial charge in [0, 0.05) is 31.1 Å². The first-order chi connectivity index (χ1) is 16.2. The molecule has 1 heterocycles. The number of amides is 2. The number of halogens is 1. The van der Waals surface area contributed by atoms with Crippen molar-refractivity contribution in [3.8, 4) is 0 Å². The highest BCUT2D eigenvalue weighted by Gasteiger charge is 2.31. The molecule has 34 heavy (non-hydrogen) atoms. The second-order valence-corrected chi connectivity index (χ2v) is 11.0. The summed E-state index contributed by atoms with van der Waals surface area (Å²) in [6.07, 6.45) is 3.31. The maximum absolute atomic E-state index is 13.8. The lowest BCUT2D eigenvalue weighted by Gasteiger charge is -2.28. The summed E-state index contributed by atoms with van der Waals surface area (Å²) in [4.78, 5) is 26.3. The van der Waals surface area contributed by atoms with E-state index in [-0.39, 0.29) is 40.3 Å². The highest BCUT2D eigenvalue weighted by molar-refractivity contribution is 7.89. The van der Waals surface area contributed by atoms with Crippen molar-refractivity contribution in [3.05, 3.63) is 53.8 Å². The molecule has 2 aromatic rings. The Bertz CT molecular complexity index is 1190. The van der Waals surface area contributed by atoms with Gasteiger partial charge in [0.25, 0.3) is 0 Å². The lowest BCUT2D eigenvalue weighted by molar-refractivity contribution is -0.121. The predicted octanol–water partition coefficient (Wildman–Crippen LogP) is 3.85. The topological polar surface area (TPSA) is 95.6 Å². The monoisotopic (exact) mass is 487 g/mol. The first-order valence-corrected chi connectivity index (χ1v) is 13.1. The molecule has 0 radical (unpaired) electrons. The third-order valence-electron chi connectivity index (χ3n) is 6.83. The zero-order valence-corrected chi connectivity index (χ0v) is 20.2. The molecule has 0 spiro atoms. The molecule has 2 aromatic carbocycles. The number of carbonyl (C=O) groups excluding carboxylic acids is 2. The number of nitrogens with zero attached hydrogens (tertiary/aromatic N) is 1. The Morgan fingerprint density at radius 2 is 1.79 bits per heavy atom. The molecule has 0 saturated heterocycles. The van der Waals surface area contributed by atoms with Crippen LogP contribution in [0.15, 0.2) is 47.4 Å². The third kappa shape index (κ3) is 5.15. The molecule has 4 rings (SSSR count). The number of hydrogen-bond acceptors (Lipinski definition) is 4. The Morgan fingerprint density at radius 1 is 1.09 bits per heavy atom. The van der Waals surface area contributed by atoms with Gasteiger partial charge in [0.2, 0.25) is 21.8 Å². The third-order valence-corrected chi connectivity index (χ3v) is 8.25. The molecular weight excluding hydrogens is 457 g/mol. The first-order valence-electron chi connectivity index (χ1n) is 11.6. The van der Waals surface area contributed by atoms with Gasteiger partial charge in [-0.15, -0.1) is 0 Å². The molecule has 2 N–H and O–H groups in total. The summed E-state index contributed by atoms with van der Waals surface area (Å²) < 4.78 is 42.3. The van der Waals surface area contributed by atoms with E-state index in [0.29, 0.717) is 38.6 Å². The average Bonchev–Trinajstić information content (AvgIpc) is 3.14. The van der Waals surface area contributed by atoms with Crippen LogP contribution in [0.4, 0.5) is 15.8 Å². The van der Waals surface area contributed by atoms with Crippen LogP contribution in [-0.2, 0) is 26.0 Å². The molecular formula is C25H30FN3O4S. The Labute approximate surface area is 199 Å². The van der Waals surface area contributed by atoms with Gasteiger partial charge >= 0.3 is 0 Å². The van der Waals surface area contributed by atoms with Crippen LogP contribution in [0.3, 0.4) is 0 Å². The lowest BCUT2D eigenvalue weighted by atomic mass is 9.81. The number of rotatable bonds is 6. The van der Waals surface area contributed by atoms with Gasteiger partial charge in [0.05, 0.1) is 10.6 Å². The van der Waals surface area contributed by atoms with E-state index >= 15 is 0 Å². The van der Waals surface area contributed by atoms with Crippen molar-refractivity contribution in [2.45, 2.75) is 56.9 Å². The summed E-state index contributed by atoms with van der Waals surface area (Å²) in [6.45, 7) is 3.76. The Balaban J connectivity index is 1.31. The number of carbonyl (C=O) groups is 2. The van der Waals surface area contributed by atoms with Crippen LogP contribution in [0.2, 0.25) is 0 Å². The molecule has 1 fully saturated rings. The van der Waals surface area contributed by atoms with Crippen LogP contribution in [0, 0.1) is 17.7 Å². The Hall–Kier alpha value is -2.78. The molecule has 2 amide bonds. The van der Waals surface area contributed by atoms with Gasteiger partial charge in [-0.1, -0.05) is 12.1 Å². The molecule has 182 valence electrons. The maximum atomic E-state index is 13.8. The fourth-order valence-corrected chi connectivity index (χ4v) is 6.16. The molecule has 0 bridgehead atoms. The fourth-order valence-electron chi connectivity index (χ4n) is 4.99. The zero-order valence-electron chi connectivity index (χ0n) is 19.4. The van der Waals surface area contributed by atoms with Crippen LogP contribution in [0.25, 0.3) is 0 Å². The summed E-state index contributed by atoms with van der Waals surface area (Å²) in [5.74, 6) is -0.798. The van der Waals surface area contributed by atoms with Gasteiger partial charge in [-0.3, -0.25) is 9.59 Å². The minimum atomic E-state index is -3.69. The minimum Gasteiger partial charge on any atom is -0.323 e. The van der Waals surface area contributed by atoms with E-state index in [9.17, 15) is 22.4 Å². The second-order valence-electron chi connectivity index (χ2n) is 9.27. The van der Waals surface area contributed by atoms with Crippen LogP contribution in [-0.4, -0.2) is 32.8 Å². The van der Waals surface area contributed by atoms with Gasteiger partial charge in [-0.05, 0) is 80.8 Å². The van der Waals surface area contributed by atoms with Gasteiger partial charge in [0.15, 0.2) is 0 Å². The maximum Gasteiger partial charge on any atom is 0.240 e. The molecule has 1 aliphatic heterocycles. The normalized spacial score (nSPS) is 22.3. The van der Waals surface area contributed by atoms with Crippen molar-refractivity contribution in [2.75, 3.05) is 16.8 Å². The summed E-state index contributed by atoms with van der Waals surface area (Å²) >= 11 is 0. The van der Waals surface area contributed by atoms with Crippen molar-refractivity contribution in [3.63, 3.8) is 0 Å². The van der Waals surface area contributed by atoms with E-state index in [2.05, 4.69) is 10.0 Å². The SMILES string of the molecule is CC(=O)N1c2ccc(S(=O)(=O)NCC3CCC(C(=O)Nc4ccccc4F)CC3)cc2C[C@@H]1C. The number of para-hydroxylation sites is 1. The smallest absolute Gasteiger partial charge is 0.240 e. The first kappa shape index (κ1) is 24.3. The summed E-state index contributed by atoms with van der Waals surface area (Å²) in [7, 11) is -3.69. The van der Waals surface area contributed by atoms with E-state index in [1.54, 1.807) is 35.2 Å². The molecule has 1 saturated carbocycles. The zero-order chi connectivity index (χ0) is 24.5. The summed E-state index contributed by atoms with van der Waals surface area (Å²) in [5, 5.41) is 2.66. The van der Waals surface area contributed by atoms with Crippen molar-refractivity contribution in [2.24, 2.45) is 11.8 Å². The predicted molar refractivity (Wildman–Crippen MR) is 128 cm³/mol. The molecule has 9 heteroatoms. The summed E-state index contributed by atoms with van der Waals surface area (Å²) in [5.41, 5.74) is 1.80. The minimum absolute atomic E-state index is 0.00387. The van der Waals surface area contributed by atoms with Crippen LogP contribution < -0.4 is 14.9 Å². The molecule has 7 nitrogen and oxygen atoms in total. The number of sulfonamides is 1. The second kappa shape index (κ2) is 9.84. The van der Waals surface area contributed by atoms with Crippen molar-refractivity contribution >= 4 is 33.2 Å². The number of anilines is 2. The van der Waals surface area contributed by atoms with E-state index < -0.39 is 15.8 Å². The molecule has 0 unspecified atom stereocenters. The highest BCUT2D eigenvalue weighted by atomic mass is 32.2. The Morgan fingerprint density at radius 3 is 2.47 bits per heavy atom.